The SMILES string of the molecule is COc1ccc(CC(C(=O)O)c2ccc(Br)cc2)cc1. The molecule has 0 aromatic heterocycles. The molecule has 0 fully saturated rings. The van der Waals surface area contributed by atoms with Crippen LogP contribution in [0.1, 0.15) is 17.0 Å². The maximum absolute atomic E-state index is 11.5. The van der Waals surface area contributed by atoms with Gasteiger partial charge >= 0.3 is 5.97 Å². The predicted molar refractivity (Wildman–Crippen MR) is 81.2 cm³/mol. The zero-order valence-electron chi connectivity index (χ0n) is 11.0. The lowest BCUT2D eigenvalue weighted by atomic mass is 9.92. The zero-order valence-corrected chi connectivity index (χ0v) is 12.6. The van der Waals surface area contributed by atoms with E-state index in [9.17, 15) is 9.90 Å². The Morgan fingerprint density at radius 3 is 2.25 bits per heavy atom. The van der Waals surface area contributed by atoms with Crippen molar-refractivity contribution in [2.75, 3.05) is 7.11 Å². The molecule has 0 aliphatic heterocycles. The van der Waals surface area contributed by atoms with Gasteiger partial charge in [-0.1, -0.05) is 40.2 Å². The number of carbonyl (C=O) groups is 1. The average molecular weight is 335 g/mol. The highest BCUT2D eigenvalue weighted by Crippen LogP contribution is 2.24. The van der Waals surface area contributed by atoms with Crippen molar-refractivity contribution >= 4 is 21.9 Å². The van der Waals surface area contributed by atoms with Crippen molar-refractivity contribution in [3.05, 3.63) is 64.1 Å². The predicted octanol–water partition coefficient (Wildman–Crippen LogP) is 3.87. The molecule has 1 unspecified atom stereocenters. The topological polar surface area (TPSA) is 46.5 Å². The van der Waals surface area contributed by atoms with E-state index in [4.69, 9.17) is 4.74 Å². The Hall–Kier alpha value is -1.81. The summed E-state index contributed by atoms with van der Waals surface area (Å²) in [5.74, 6) is -0.594. The number of aliphatic carboxylic acids is 1. The van der Waals surface area contributed by atoms with Crippen LogP contribution in [0.25, 0.3) is 0 Å². The summed E-state index contributed by atoms with van der Waals surface area (Å²) in [4.78, 5) is 11.5. The summed E-state index contributed by atoms with van der Waals surface area (Å²) in [5, 5.41) is 9.42. The number of benzene rings is 2. The fourth-order valence-corrected chi connectivity index (χ4v) is 2.30. The Balaban J connectivity index is 2.20. The van der Waals surface area contributed by atoms with Crippen LogP contribution >= 0.6 is 15.9 Å². The van der Waals surface area contributed by atoms with Crippen molar-refractivity contribution in [1.29, 1.82) is 0 Å². The van der Waals surface area contributed by atoms with Gasteiger partial charge in [0.15, 0.2) is 0 Å². The first kappa shape index (κ1) is 14.6. The van der Waals surface area contributed by atoms with Gasteiger partial charge < -0.3 is 9.84 Å². The highest BCUT2D eigenvalue weighted by molar-refractivity contribution is 9.10. The molecule has 2 rings (SSSR count). The molecule has 2 aromatic rings. The van der Waals surface area contributed by atoms with Crippen LogP contribution in [-0.2, 0) is 11.2 Å². The van der Waals surface area contributed by atoms with Crippen LogP contribution in [0.2, 0.25) is 0 Å². The van der Waals surface area contributed by atoms with Gasteiger partial charge in [0.25, 0.3) is 0 Å². The quantitative estimate of drug-likeness (QED) is 0.902. The van der Waals surface area contributed by atoms with Gasteiger partial charge in [-0.05, 0) is 41.8 Å². The second kappa shape index (κ2) is 6.57. The standard InChI is InChI=1S/C16H15BrO3/c1-20-14-8-2-11(3-9-14)10-15(16(18)19)12-4-6-13(17)7-5-12/h2-9,15H,10H2,1H3,(H,18,19). The summed E-state index contributed by atoms with van der Waals surface area (Å²) in [7, 11) is 1.61. The molecule has 1 N–H and O–H groups in total. The van der Waals surface area contributed by atoms with Crippen LogP contribution in [0.3, 0.4) is 0 Å². The highest BCUT2D eigenvalue weighted by Gasteiger charge is 2.20. The van der Waals surface area contributed by atoms with E-state index in [1.165, 1.54) is 0 Å². The highest BCUT2D eigenvalue weighted by atomic mass is 79.9. The van der Waals surface area contributed by atoms with E-state index in [1.807, 2.05) is 48.5 Å². The molecule has 0 heterocycles. The number of ether oxygens (including phenoxy) is 1. The van der Waals surface area contributed by atoms with Gasteiger partial charge in [-0.25, -0.2) is 0 Å². The van der Waals surface area contributed by atoms with Gasteiger partial charge in [-0.3, -0.25) is 4.79 Å². The smallest absolute Gasteiger partial charge is 0.311 e. The molecular formula is C16H15BrO3. The summed E-state index contributed by atoms with van der Waals surface area (Å²) in [6.07, 6.45) is 0.459. The molecule has 0 amide bonds. The fourth-order valence-electron chi connectivity index (χ4n) is 2.04. The van der Waals surface area contributed by atoms with Crippen molar-refractivity contribution in [3.8, 4) is 5.75 Å². The Morgan fingerprint density at radius 1 is 1.15 bits per heavy atom. The van der Waals surface area contributed by atoms with Crippen LogP contribution in [0, 0.1) is 0 Å². The molecule has 1 atom stereocenters. The normalized spacial score (nSPS) is 11.9. The van der Waals surface area contributed by atoms with Gasteiger partial charge in [0.2, 0.25) is 0 Å². The number of hydrogen-bond donors (Lipinski definition) is 1. The van der Waals surface area contributed by atoms with Gasteiger partial charge in [0.05, 0.1) is 13.0 Å². The van der Waals surface area contributed by atoms with Crippen molar-refractivity contribution in [2.24, 2.45) is 0 Å². The van der Waals surface area contributed by atoms with Crippen LogP contribution in [0.4, 0.5) is 0 Å². The molecule has 0 aliphatic carbocycles. The Kier molecular flexibility index (Phi) is 4.79. The fraction of sp³-hybridized carbons (Fsp3) is 0.188. The Bertz CT molecular complexity index is 576. The van der Waals surface area contributed by atoms with Gasteiger partial charge in [0.1, 0.15) is 5.75 Å². The minimum Gasteiger partial charge on any atom is -0.497 e. The Labute approximate surface area is 126 Å². The van der Waals surface area contributed by atoms with E-state index in [0.717, 1.165) is 21.3 Å². The number of carboxylic acids is 1. The average Bonchev–Trinajstić information content (AvgIpc) is 2.46. The van der Waals surface area contributed by atoms with E-state index >= 15 is 0 Å². The summed E-state index contributed by atoms with van der Waals surface area (Å²) >= 11 is 3.35. The molecule has 0 bridgehead atoms. The molecule has 2 aromatic carbocycles. The van der Waals surface area contributed by atoms with E-state index in [2.05, 4.69) is 15.9 Å². The second-order valence-electron chi connectivity index (χ2n) is 4.49. The van der Waals surface area contributed by atoms with E-state index in [1.54, 1.807) is 7.11 Å². The molecule has 0 radical (unpaired) electrons. The van der Waals surface area contributed by atoms with E-state index in [-0.39, 0.29) is 0 Å². The maximum Gasteiger partial charge on any atom is 0.311 e. The number of hydrogen-bond acceptors (Lipinski definition) is 2. The summed E-state index contributed by atoms with van der Waals surface area (Å²) in [5.41, 5.74) is 1.78. The lowest BCUT2D eigenvalue weighted by molar-refractivity contribution is -0.138. The third-order valence-corrected chi connectivity index (χ3v) is 3.70. The summed E-state index contributed by atoms with van der Waals surface area (Å²) in [6.45, 7) is 0. The van der Waals surface area contributed by atoms with E-state index in [0.29, 0.717) is 6.42 Å². The molecule has 20 heavy (non-hydrogen) atoms. The van der Waals surface area contributed by atoms with Crippen molar-refractivity contribution in [3.63, 3.8) is 0 Å². The third-order valence-electron chi connectivity index (χ3n) is 3.17. The van der Waals surface area contributed by atoms with Gasteiger partial charge in [-0.2, -0.15) is 0 Å². The molecular weight excluding hydrogens is 320 g/mol. The lowest BCUT2D eigenvalue weighted by Crippen LogP contribution is -2.14. The molecule has 0 saturated carbocycles. The number of methoxy groups -OCH3 is 1. The molecule has 3 nitrogen and oxygen atoms in total. The minimum absolute atomic E-state index is 0.459. The third kappa shape index (κ3) is 3.61. The number of carboxylic acid groups (broad SMARTS) is 1. The van der Waals surface area contributed by atoms with Gasteiger partial charge in [0, 0.05) is 4.47 Å². The van der Waals surface area contributed by atoms with Crippen LogP contribution in [0.15, 0.2) is 53.0 Å². The van der Waals surface area contributed by atoms with Crippen LogP contribution in [-0.4, -0.2) is 18.2 Å². The largest absolute Gasteiger partial charge is 0.497 e. The van der Waals surface area contributed by atoms with Crippen LogP contribution in [0.5, 0.6) is 5.75 Å². The first-order valence-corrected chi connectivity index (χ1v) is 7.00. The van der Waals surface area contributed by atoms with E-state index < -0.39 is 11.9 Å². The molecule has 104 valence electrons. The molecule has 0 saturated heterocycles. The second-order valence-corrected chi connectivity index (χ2v) is 5.41. The molecule has 0 spiro atoms. The number of rotatable bonds is 5. The van der Waals surface area contributed by atoms with Crippen molar-refractivity contribution in [2.45, 2.75) is 12.3 Å². The van der Waals surface area contributed by atoms with Gasteiger partial charge in [-0.15, -0.1) is 0 Å². The Morgan fingerprint density at radius 2 is 1.75 bits per heavy atom. The molecule has 4 heteroatoms. The minimum atomic E-state index is -0.817. The molecule has 0 aliphatic rings. The number of halogens is 1. The van der Waals surface area contributed by atoms with Crippen molar-refractivity contribution in [1.82, 2.24) is 0 Å². The summed E-state index contributed by atoms with van der Waals surface area (Å²) < 4.78 is 6.04. The lowest BCUT2D eigenvalue weighted by Gasteiger charge is -2.13. The first-order chi connectivity index (χ1) is 9.60. The summed E-state index contributed by atoms with van der Waals surface area (Å²) in [6, 6.07) is 14.9. The van der Waals surface area contributed by atoms with Crippen LogP contribution < -0.4 is 4.74 Å². The monoisotopic (exact) mass is 334 g/mol. The maximum atomic E-state index is 11.5. The first-order valence-electron chi connectivity index (χ1n) is 6.21. The van der Waals surface area contributed by atoms with Crippen molar-refractivity contribution < 1.29 is 14.6 Å². The zero-order chi connectivity index (χ0) is 14.5.